The second-order valence-corrected chi connectivity index (χ2v) is 13.8. The van der Waals surface area contributed by atoms with E-state index in [1.807, 2.05) is 12.1 Å². The van der Waals surface area contributed by atoms with E-state index in [0.29, 0.717) is 0 Å². The Morgan fingerprint density at radius 2 is 0.926 bits per heavy atom. The van der Waals surface area contributed by atoms with Crippen LogP contribution in [0, 0.1) is 0 Å². The first kappa shape index (κ1) is 30.3. The minimum Gasteiger partial charge on any atom is -0.456 e. The van der Waals surface area contributed by atoms with E-state index in [1.54, 1.807) is 0 Å². The normalized spacial score (nSPS) is 11.7. The van der Waals surface area contributed by atoms with Gasteiger partial charge in [0.15, 0.2) is 0 Å². The lowest BCUT2D eigenvalue weighted by Gasteiger charge is -2.26. The fourth-order valence-corrected chi connectivity index (χ4v) is 8.36. The van der Waals surface area contributed by atoms with Crippen LogP contribution < -0.4 is 4.90 Å². The molecule has 0 aliphatic rings. The maximum absolute atomic E-state index is 6.31. The number of fused-ring (bicyclic) bond motifs is 8. The standard InChI is InChI=1S/C50H33N3O/c1-4-15-36(16-5-1)51(45-24-14-26-47-49(45)41-22-11-13-25-46(41)54-47)39-30-27-34(28-31-39)35-29-32-44-42(33-35)48-40-21-10-12-23-43(40)52(37-17-6-2-7-18-37)50(48)53(44)38-19-8-3-9-20-38/h1-33H. The van der Waals surface area contributed by atoms with E-state index in [4.69, 9.17) is 4.42 Å². The number of furan rings is 1. The minimum atomic E-state index is 0.877. The van der Waals surface area contributed by atoms with E-state index < -0.39 is 0 Å². The van der Waals surface area contributed by atoms with Crippen LogP contribution in [0.5, 0.6) is 0 Å². The molecule has 0 N–H and O–H groups in total. The molecular weight excluding hydrogens is 659 g/mol. The van der Waals surface area contributed by atoms with Gasteiger partial charge in [-0.1, -0.05) is 115 Å². The number of nitrogens with zero attached hydrogens (tertiary/aromatic N) is 3. The molecule has 4 nitrogen and oxygen atoms in total. The summed E-state index contributed by atoms with van der Waals surface area (Å²) >= 11 is 0. The van der Waals surface area contributed by atoms with Gasteiger partial charge in [0, 0.05) is 44.3 Å². The Bertz CT molecular complexity index is 3140. The van der Waals surface area contributed by atoms with Crippen molar-refractivity contribution in [2.45, 2.75) is 0 Å². The van der Waals surface area contributed by atoms with Crippen molar-refractivity contribution in [1.82, 2.24) is 9.13 Å². The predicted molar refractivity (Wildman–Crippen MR) is 225 cm³/mol. The number of rotatable bonds is 6. The third-order valence-corrected chi connectivity index (χ3v) is 10.7. The molecule has 0 fully saturated rings. The van der Waals surface area contributed by atoms with Gasteiger partial charge in [-0.15, -0.1) is 0 Å². The van der Waals surface area contributed by atoms with Gasteiger partial charge in [0.05, 0.1) is 22.1 Å². The molecule has 11 aromatic rings. The largest absolute Gasteiger partial charge is 0.456 e. The van der Waals surface area contributed by atoms with Crippen LogP contribution in [0.4, 0.5) is 17.1 Å². The van der Waals surface area contributed by atoms with Gasteiger partial charge in [0.1, 0.15) is 16.8 Å². The Morgan fingerprint density at radius 3 is 1.65 bits per heavy atom. The highest BCUT2D eigenvalue weighted by atomic mass is 16.3. The van der Waals surface area contributed by atoms with Crippen LogP contribution in [0.2, 0.25) is 0 Å². The lowest BCUT2D eigenvalue weighted by atomic mass is 10.0. The van der Waals surface area contributed by atoms with Crippen LogP contribution in [0.1, 0.15) is 0 Å². The first-order valence-electron chi connectivity index (χ1n) is 18.4. The van der Waals surface area contributed by atoms with Gasteiger partial charge >= 0.3 is 0 Å². The Kier molecular flexibility index (Phi) is 6.82. The number of hydrogen-bond acceptors (Lipinski definition) is 2. The zero-order valence-electron chi connectivity index (χ0n) is 29.3. The van der Waals surface area contributed by atoms with Crippen LogP contribution in [0.15, 0.2) is 205 Å². The van der Waals surface area contributed by atoms with Crippen molar-refractivity contribution < 1.29 is 4.42 Å². The van der Waals surface area contributed by atoms with E-state index in [0.717, 1.165) is 61.6 Å². The second kappa shape index (κ2) is 12.1. The first-order valence-corrected chi connectivity index (χ1v) is 18.4. The Morgan fingerprint density at radius 1 is 0.370 bits per heavy atom. The SMILES string of the molecule is c1ccc(N(c2ccc(-c3ccc4c(c3)c3c5ccccc5n(-c5ccccc5)c3n4-c3ccccc3)cc2)c2cccc3oc4ccccc4c23)cc1. The summed E-state index contributed by atoms with van der Waals surface area (Å²) in [5.74, 6) is 0. The smallest absolute Gasteiger partial charge is 0.137 e. The quantitative estimate of drug-likeness (QED) is 0.173. The van der Waals surface area contributed by atoms with Gasteiger partial charge in [-0.2, -0.15) is 0 Å². The molecule has 54 heavy (non-hydrogen) atoms. The second-order valence-electron chi connectivity index (χ2n) is 13.8. The van der Waals surface area contributed by atoms with Gasteiger partial charge in [-0.3, -0.25) is 9.13 Å². The number of aromatic nitrogens is 2. The average Bonchev–Trinajstić information content (AvgIpc) is 3.90. The van der Waals surface area contributed by atoms with E-state index in [1.165, 1.54) is 32.8 Å². The van der Waals surface area contributed by atoms with Crippen molar-refractivity contribution in [3.05, 3.63) is 200 Å². The number of anilines is 3. The fraction of sp³-hybridized carbons (Fsp3) is 0. The van der Waals surface area contributed by atoms with Crippen molar-refractivity contribution in [2.75, 3.05) is 4.90 Å². The number of benzene rings is 8. The summed E-state index contributed by atoms with van der Waals surface area (Å²) in [6, 6.07) is 71.3. The third kappa shape index (κ3) is 4.64. The molecule has 0 spiro atoms. The van der Waals surface area contributed by atoms with E-state index in [-0.39, 0.29) is 0 Å². The van der Waals surface area contributed by atoms with E-state index in [9.17, 15) is 0 Å². The van der Waals surface area contributed by atoms with Gasteiger partial charge < -0.3 is 9.32 Å². The summed E-state index contributed by atoms with van der Waals surface area (Å²) in [5, 5.41) is 5.93. The van der Waals surface area contributed by atoms with Crippen LogP contribution in [-0.4, -0.2) is 9.13 Å². The Hall–Kier alpha value is -7.30. The van der Waals surface area contributed by atoms with Crippen molar-refractivity contribution in [2.24, 2.45) is 0 Å². The molecule has 8 aromatic carbocycles. The molecule has 0 atom stereocenters. The molecule has 0 amide bonds. The third-order valence-electron chi connectivity index (χ3n) is 10.7. The molecule has 254 valence electrons. The van der Waals surface area contributed by atoms with Crippen molar-refractivity contribution in [3.63, 3.8) is 0 Å². The van der Waals surface area contributed by atoms with Gasteiger partial charge in [-0.05, 0) is 96.1 Å². The highest BCUT2D eigenvalue weighted by Gasteiger charge is 2.23. The first-order chi connectivity index (χ1) is 26.8. The molecule has 0 aliphatic carbocycles. The lowest BCUT2D eigenvalue weighted by Crippen LogP contribution is -2.10. The lowest BCUT2D eigenvalue weighted by molar-refractivity contribution is 0.669. The summed E-state index contributed by atoms with van der Waals surface area (Å²) in [7, 11) is 0. The molecule has 0 aliphatic heterocycles. The highest BCUT2D eigenvalue weighted by Crippen LogP contribution is 2.45. The zero-order chi connectivity index (χ0) is 35.6. The van der Waals surface area contributed by atoms with Crippen LogP contribution in [-0.2, 0) is 0 Å². The molecule has 0 saturated heterocycles. The molecule has 0 bridgehead atoms. The minimum absolute atomic E-state index is 0.877. The van der Waals surface area contributed by atoms with Crippen molar-refractivity contribution in [3.8, 4) is 22.5 Å². The van der Waals surface area contributed by atoms with E-state index in [2.05, 4.69) is 202 Å². The van der Waals surface area contributed by atoms with Crippen LogP contribution in [0.25, 0.3) is 77.3 Å². The number of hydrogen-bond donors (Lipinski definition) is 0. The summed E-state index contributed by atoms with van der Waals surface area (Å²) in [5.41, 5.74) is 13.2. The Balaban J connectivity index is 1.10. The highest BCUT2D eigenvalue weighted by molar-refractivity contribution is 6.23. The molecule has 3 heterocycles. The molecule has 0 unspecified atom stereocenters. The molecule has 3 aromatic heterocycles. The van der Waals surface area contributed by atoms with Crippen LogP contribution >= 0.6 is 0 Å². The zero-order valence-corrected chi connectivity index (χ0v) is 29.3. The van der Waals surface area contributed by atoms with Crippen LogP contribution in [0.3, 0.4) is 0 Å². The maximum Gasteiger partial charge on any atom is 0.137 e. The Labute approximate surface area is 312 Å². The molecule has 0 radical (unpaired) electrons. The van der Waals surface area contributed by atoms with Crippen molar-refractivity contribution >= 4 is 71.8 Å². The number of para-hydroxylation sites is 5. The average molecular weight is 692 g/mol. The van der Waals surface area contributed by atoms with Gasteiger partial charge in [-0.25, -0.2) is 0 Å². The monoisotopic (exact) mass is 691 g/mol. The van der Waals surface area contributed by atoms with Crippen molar-refractivity contribution in [1.29, 1.82) is 0 Å². The summed E-state index contributed by atoms with van der Waals surface area (Å²) in [6.45, 7) is 0. The summed E-state index contributed by atoms with van der Waals surface area (Å²) < 4.78 is 11.1. The van der Waals surface area contributed by atoms with E-state index >= 15 is 0 Å². The summed E-state index contributed by atoms with van der Waals surface area (Å²) in [4.78, 5) is 2.33. The summed E-state index contributed by atoms with van der Waals surface area (Å²) in [6.07, 6.45) is 0. The topological polar surface area (TPSA) is 26.2 Å². The van der Waals surface area contributed by atoms with Gasteiger partial charge in [0.2, 0.25) is 0 Å². The predicted octanol–water partition coefficient (Wildman–Crippen LogP) is 13.8. The molecule has 11 rings (SSSR count). The molecule has 4 heteroatoms. The fourth-order valence-electron chi connectivity index (χ4n) is 8.36. The molecular formula is C50H33N3O. The molecule has 0 saturated carbocycles. The maximum atomic E-state index is 6.31. The van der Waals surface area contributed by atoms with Gasteiger partial charge in [0.25, 0.3) is 0 Å².